The second kappa shape index (κ2) is 40.9. The molecule has 314 valence electrons. The standard InChI is InChI=1S/C46H77O8P/c1-4-6-8-10-12-14-16-18-20-22-23-25-27-29-31-33-35-37-39-41-46(48)54-44(43-53-55(49,50)51-3)42-52-45(47)40-38-36-34-32-30-28-26-24-21-19-17-15-13-11-9-7-5-2/h6,8,12-15,18-21,23,25,29,31,44H,4-5,7,9-11,16-17,22,24,26-28,30,32-43H2,1-3H3,(H,49,50)/b8-6-,14-12-,15-13-,20-18-,21-19-,25-23-,31-29-. The predicted octanol–water partition coefficient (Wildman–Crippen LogP) is 13.5. The van der Waals surface area contributed by atoms with E-state index in [-0.39, 0.29) is 19.4 Å². The van der Waals surface area contributed by atoms with E-state index in [1.807, 2.05) is 0 Å². The highest BCUT2D eigenvalue weighted by Crippen LogP contribution is 2.42. The number of unbranched alkanes of at least 4 members (excludes halogenated alkanes) is 13. The molecule has 2 unspecified atom stereocenters. The van der Waals surface area contributed by atoms with Gasteiger partial charge >= 0.3 is 19.8 Å². The minimum absolute atomic E-state index is 0.199. The number of hydrogen-bond acceptors (Lipinski definition) is 7. The minimum atomic E-state index is -4.28. The Balaban J connectivity index is 4.11. The van der Waals surface area contributed by atoms with Gasteiger partial charge in [0.25, 0.3) is 0 Å². The van der Waals surface area contributed by atoms with E-state index in [1.165, 1.54) is 44.9 Å². The van der Waals surface area contributed by atoms with Crippen molar-refractivity contribution in [2.24, 2.45) is 0 Å². The molecule has 0 amide bonds. The second-order valence-electron chi connectivity index (χ2n) is 13.7. The van der Waals surface area contributed by atoms with Crippen LogP contribution in [0.3, 0.4) is 0 Å². The third kappa shape index (κ3) is 40.7. The van der Waals surface area contributed by atoms with Gasteiger partial charge in [0.2, 0.25) is 0 Å². The lowest BCUT2D eigenvalue weighted by Gasteiger charge is -2.19. The van der Waals surface area contributed by atoms with Gasteiger partial charge < -0.3 is 14.4 Å². The van der Waals surface area contributed by atoms with Crippen LogP contribution in [-0.4, -0.2) is 43.3 Å². The Morgan fingerprint density at radius 3 is 1.40 bits per heavy atom. The highest BCUT2D eigenvalue weighted by Gasteiger charge is 2.24. The number of hydrogen-bond donors (Lipinski definition) is 1. The summed E-state index contributed by atoms with van der Waals surface area (Å²) in [5.41, 5.74) is 0. The van der Waals surface area contributed by atoms with Crippen molar-refractivity contribution < 1.29 is 37.6 Å². The van der Waals surface area contributed by atoms with Crippen LogP contribution in [-0.2, 0) is 32.7 Å². The molecule has 0 aliphatic rings. The topological polar surface area (TPSA) is 108 Å². The zero-order valence-electron chi connectivity index (χ0n) is 34.8. The summed E-state index contributed by atoms with van der Waals surface area (Å²) in [5, 5.41) is 0. The summed E-state index contributed by atoms with van der Waals surface area (Å²) < 4.78 is 31.9. The first-order valence-corrected chi connectivity index (χ1v) is 22.8. The van der Waals surface area contributed by atoms with E-state index in [9.17, 15) is 19.0 Å². The lowest BCUT2D eigenvalue weighted by atomic mass is 10.1. The lowest BCUT2D eigenvalue weighted by Crippen LogP contribution is -2.29. The van der Waals surface area contributed by atoms with E-state index in [0.29, 0.717) is 6.42 Å². The molecule has 8 nitrogen and oxygen atoms in total. The van der Waals surface area contributed by atoms with E-state index >= 15 is 0 Å². The van der Waals surface area contributed by atoms with Gasteiger partial charge in [0.05, 0.1) is 6.61 Å². The Labute approximate surface area is 335 Å². The maximum atomic E-state index is 12.5. The molecule has 0 aliphatic carbocycles. The molecule has 0 aromatic rings. The fraction of sp³-hybridized carbons (Fsp3) is 0.652. The molecule has 0 aromatic heterocycles. The van der Waals surface area contributed by atoms with E-state index < -0.39 is 32.5 Å². The number of carbonyl (C=O) groups excluding carboxylic acids is 2. The van der Waals surface area contributed by atoms with E-state index in [1.54, 1.807) is 0 Å². The van der Waals surface area contributed by atoms with Gasteiger partial charge in [-0.15, -0.1) is 0 Å². The van der Waals surface area contributed by atoms with Crippen LogP contribution in [0.25, 0.3) is 0 Å². The molecule has 0 saturated heterocycles. The van der Waals surface area contributed by atoms with Crippen molar-refractivity contribution in [3.63, 3.8) is 0 Å². The molecule has 2 atom stereocenters. The van der Waals surface area contributed by atoms with Crippen molar-refractivity contribution in [3.05, 3.63) is 85.1 Å². The molecule has 0 fully saturated rings. The highest BCUT2D eigenvalue weighted by atomic mass is 31.2. The van der Waals surface area contributed by atoms with E-state index in [4.69, 9.17) is 14.0 Å². The van der Waals surface area contributed by atoms with Crippen molar-refractivity contribution in [1.29, 1.82) is 0 Å². The lowest BCUT2D eigenvalue weighted by molar-refractivity contribution is -0.161. The molecular formula is C46H77O8P. The summed E-state index contributed by atoms with van der Waals surface area (Å²) in [5.74, 6) is -0.858. The first-order valence-electron chi connectivity index (χ1n) is 21.3. The van der Waals surface area contributed by atoms with Gasteiger partial charge in [0.15, 0.2) is 6.10 Å². The van der Waals surface area contributed by atoms with Crippen molar-refractivity contribution in [3.8, 4) is 0 Å². The number of rotatable bonds is 38. The van der Waals surface area contributed by atoms with Crippen molar-refractivity contribution in [1.82, 2.24) is 0 Å². The van der Waals surface area contributed by atoms with Gasteiger partial charge in [-0.25, -0.2) is 4.57 Å². The molecular weight excluding hydrogens is 711 g/mol. The average Bonchev–Trinajstić information content (AvgIpc) is 3.18. The summed E-state index contributed by atoms with van der Waals surface area (Å²) in [6.45, 7) is 3.70. The van der Waals surface area contributed by atoms with Crippen molar-refractivity contribution in [2.45, 2.75) is 174 Å². The second-order valence-corrected chi connectivity index (χ2v) is 15.3. The van der Waals surface area contributed by atoms with Gasteiger partial charge in [-0.1, -0.05) is 150 Å². The predicted molar refractivity (Wildman–Crippen MR) is 230 cm³/mol. The number of carbonyl (C=O) groups is 2. The minimum Gasteiger partial charge on any atom is -0.462 e. The Morgan fingerprint density at radius 2 is 0.927 bits per heavy atom. The van der Waals surface area contributed by atoms with Gasteiger partial charge in [-0.05, 0) is 89.9 Å². The Morgan fingerprint density at radius 1 is 0.527 bits per heavy atom. The summed E-state index contributed by atoms with van der Waals surface area (Å²) >= 11 is 0. The van der Waals surface area contributed by atoms with Crippen LogP contribution in [0.2, 0.25) is 0 Å². The Bertz CT molecular complexity index is 1170. The zero-order chi connectivity index (χ0) is 40.3. The Hall–Kier alpha value is -2.77. The molecule has 0 heterocycles. The fourth-order valence-electron chi connectivity index (χ4n) is 5.36. The maximum absolute atomic E-state index is 12.5. The molecule has 0 aromatic carbocycles. The molecule has 0 rings (SSSR count). The molecule has 0 bridgehead atoms. The molecule has 0 spiro atoms. The van der Waals surface area contributed by atoms with Gasteiger partial charge in [0.1, 0.15) is 6.61 Å². The zero-order valence-corrected chi connectivity index (χ0v) is 35.7. The maximum Gasteiger partial charge on any atom is 0.472 e. The van der Waals surface area contributed by atoms with Gasteiger partial charge in [-0.2, -0.15) is 0 Å². The summed E-state index contributed by atoms with van der Waals surface area (Å²) in [6.07, 6.45) is 53.4. The van der Waals surface area contributed by atoms with Crippen LogP contribution in [0.5, 0.6) is 0 Å². The first kappa shape index (κ1) is 52.2. The number of allylic oxidation sites excluding steroid dienone is 14. The molecule has 0 saturated carbocycles. The van der Waals surface area contributed by atoms with Crippen LogP contribution in [0, 0.1) is 0 Å². The quantitative estimate of drug-likeness (QED) is 0.0285. The van der Waals surface area contributed by atoms with Gasteiger partial charge in [-0.3, -0.25) is 18.6 Å². The monoisotopic (exact) mass is 789 g/mol. The first-order chi connectivity index (χ1) is 26.8. The molecule has 1 N–H and O–H groups in total. The normalized spacial score (nSPS) is 14.2. The largest absolute Gasteiger partial charge is 0.472 e. The number of phosphoric ester groups is 1. The van der Waals surface area contributed by atoms with Crippen molar-refractivity contribution >= 4 is 19.8 Å². The van der Waals surface area contributed by atoms with Crippen LogP contribution in [0.1, 0.15) is 168 Å². The van der Waals surface area contributed by atoms with E-state index in [0.717, 1.165) is 97.0 Å². The third-order valence-electron chi connectivity index (χ3n) is 8.62. The summed E-state index contributed by atoms with van der Waals surface area (Å²) in [6, 6.07) is 0. The van der Waals surface area contributed by atoms with Crippen LogP contribution in [0.15, 0.2) is 85.1 Å². The molecule has 9 heteroatoms. The SMILES string of the molecule is CC/C=C\C/C=C\C/C=C\C/C=C\C/C=C\CCCCCC(=O)OC(COC(=O)CCCCCCCCC/C=C\C/C=C\CCCCC)COP(=O)(O)OC. The third-order valence-corrected chi connectivity index (χ3v) is 9.56. The number of phosphoric acid groups is 1. The fourth-order valence-corrected chi connectivity index (χ4v) is 5.82. The summed E-state index contributed by atoms with van der Waals surface area (Å²) in [4.78, 5) is 34.5. The average molecular weight is 789 g/mol. The smallest absolute Gasteiger partial charge is 0.462 e. The number of ether oxygens (including phenoxy) is 2. The molecule has 0 aliphatic heterocycles. The van der Waals surface area contributed by atoms with Crippen LogP contribution < -0.4 is 0 Å². The highest BCUT2D eigenvalue weighted by molar-refractivity contribution is 7.47. The Kier molecular flexibility index (Phi) is 38.8. The van der Waals surface area contributed by atoms with Gasteiger partial charge in [0, 0.05) is 20.0 Å². The van der Waals surface area contributed by atoms with E-state index in [2.05, 4.69) is 103 Å². The van der Waals surface area contributed by atoms with Crippen molar-refractivity contribution in [2.75, 3.05) is 20.3 Å². The number of esters is 2. The summed E-state index contributed by atoms with van der Waals surface area (Å²) in [7, 11) is -3.23. The molecule has 0 radical (unpaired) electrons. The molecule has 55 heavy (non-hydrogen) atoms. The van der Waals surface area contributed by atoms with Crippen LogP contribution >= 0.6 is 7.82 Å². The van der Waals surface area contributed by atoms with Crippen LogP contribution in [0.4, 0.5) is 0 Å².